The molecule has 4 atom stereocenters. The highest BCUT2D eigenvalue weighted by Crippen LogP contribution is 2.39. The minimum absolute atomic E-state index is 0.0493. The second kappa shape index (κ2) is 6.47. The second-order valence-corrected chi connectivity index (χ2v) is 13.0. The van der Waals surface area contributed by atoms with E-state index in [1.54, 1.807) is 0 Å². The van der Waals surface area contributed by atoms with Gasteiger partial charge >= 0.3 is 0 Å². The first-order valence-corrected chi connectivity index (χ1v) is 11.2. The summed E-state index contributed by atoms with van der Waals surface area (Å²) in [4.78, 5) is 13.0. The molecule has 0 aliphatic carbocycles. The van der Waals surface area contributed by atoms with Crippen molar-refractivity contribution in [2.45, 2.75) is 78.2 Å². The van der Waals surface area contributed by atoms with Crippen LogP contribution in [0.2, 0.25) is 18.1 Å². The Bertz CT molecular complexity index is 417. The molecular formula is C16H31NO2SSi. The van der Waals surface area contributed by atoms with Crippen molar-refractivity contribution in [3.63, 3.8) is 0 Å². The SMILES string of the molecule is CCC(=S)[C@H](C)[C@H]1NC(=O)[C@@H]1[C@@H](C)O[Si](C)(C)C(C)(C)C. The van der Waals surface area contributed by atoms with E-state index in [9.17, 15) is 4.79 Å². The van der Waals surface area contributed by atoms with E-state index in [4.69, 9.17) is 16.6 Å². The molecule has 0 radical (unpaired) electrons. The van der Waals surface area contributed by atoms with Crippen LogP contribution in [0.15, 0.2) is 0 Å². The number of amides is 1. The normalized spacial score (nSPS) is 25.8. The Kier molecular flexibility index (Phi) is 5.78. The first-order chi connectivity index (χ1) is 9.42. The number of carbonyl (C=O) groups excluding carboxylic acids is 1. The van der Waals surface area contributed by atoms with Crippen molar-refractivity contribution >= 4 is 31.3 Å². The molecule has 21 heavy (non-hydrogen) atoms. The van der Waals surface area contributed by atoms with Crippen LogP contribution >= 0.6 is 12.2 Å². The van der Waals surface area contributed by atoms with Gasteiger partial charge in [0, 0.05) is 12.0 Å². The highest BCUT2D eigenvalue weighted by molar-refractivity contribution is 7.80. The van der Waals surface area contributed by atoms with Gasteiger partial charge in [0.25, 0.3) is 0 Å². The molecule has 1 saturated heterocycles. The van der Waals surface area contributed by atoms with Crippen molar-refractivity contribution in [2.24, 2.45) is 11.8 Å². The minimum Gasteiger partial charge on any atom is -0.413 e. The third-order valence-electron chi connectivity index (χ3n) is 5.19. The Labute approximate surface area is 136 Å². The average molecular weight is 330 g/mol. The summed E-state index contributed by atoms with van der Waals surface area (Å²) >= 11 is 5.42. The lowest BCUT2D eigenvalue weighted by molar-refractivity contribution is -0.140. The number of nitrogens with one attached hydrogen (secondary N) is 1. The molecule has 0 bridgehead atoms. The summed E-state index contributed by atoms with van der Waals surface area (Å²) in [5.74, 6) is 0.272. The molecule has 3 nitrogen and oxygen atoms in total. The zero-order valence-corrected chi connectivity index (χ0v) is 16.6. The molecule has 1 aliphatic rings. The van der Waals surface area contributed by atoms with E-state index in [0.717, 1.165) is 11.3 Å². The van der Waals surface area contributed by atoms with E-state index in [0.29, 0.717) is 0 Å². The molecule has 1 amide bonds. The summed E-state index contributed by atoms with van der Waals surface area (Å²) in [6.45, 7) is 17.4. The summed E-state index contributed by atoms with van der Waals surface area (Å²) in [5, 5.41) is 3.18. The van der Waals surface area contributed by atoms with E-state index < -0.39 is 8.32 Å². The van der Waals surface area contributed by atoms with Crippen molar-refractivity contribution in [3.05, 3.63) is 0 Å². The average Bonchev–Trinajstić information content (AvgIpc) is 2.31. The topological polar surface area (TPSA) is 38.3 Å². The number of hydrogen-bond acceptors (Lipinski definition) is 3. The van der Waals surface area contributed by atoms with E-state index in [1.807, 2.05) is 6.92 Å². The predicted octanol–water partition coefficient (Wildman–Crippen LogP) is 3.93. The van der Waals surface area contributed by atoms with Gasteiger partial charge in [-0.1, -0.05) is 46.8 Å². The first-order valence-electron chi connectivity index (χ1n) is 7.93. The van der Waals surface area contributed by atoms with E-state index in [2.05, 4.69) is 53.0 Å². The number of carbonyl (C=O) groups is 1. The number of hydrogen-bond donors (Lipinski definition) is 1. The molecule has 0 aromatic carbocycles. The maximum absolute atomic E-state index is 12.0. The van der Waals surface area contributed by atoms with Crippen molar-refractivity contribution < 1.29 is 9.22 Å². The van der Waals surface area contributed by atoms with Crippen LogP contribution in [0.4, 0.5) is 0 Å². The quantitative estimate of drug-likeness (QED) is 0.456. The molecule has 1 fully saturated rings. The van der Waals surface area contributed by atoms with Gasteiger partial charge in [0.2, 0.25) is 5.91 Å². The van der Waals surface area contributed by atoms with Gasteiger partial charge in [-0.15, -0.1) is 0 Å². The fraction of sp³-hybridized carbons (Fsp3) is 0.875. The van der Waals surface area contributed by atoms with E-state index in [1.165, 1.54) is 0 Å². The highest BCUT2D eigenvalue weighted by Gasteiger charge is 2.49. The van der Waals surface area contributed by atoms with Crippen LogP contribution < -0.4 is 5.32 Å². The molecule has 1 N–H and O–H groups in total. The molecule has 0 spiro atoms. The van der Waals surface area contributed by atoms with Crippen molar-refractivity contribution in [3.8, 4) is 0 Å². The molecule has 1 heterocycles. The van der Waals surface area contributed by atoms with Crippen LogP contribution in [0.1, 0.15) is 48.0 Å². The molecule has 0 saturated carbocycles. The summed E-state index contributed by atoms with van der Waals surface area (Å²) in [7, 11) is -1.86. The van der Waals surface area contributed by atoms with Crippen LogP contribution in [0.25, 0.3) is 0 Å². The maximum Gasteiger partial charge on any atom is 0.228 e. The molecule has 0 aromatic rings. The molecular weight excluding hydrogens is 298 g/mol. The third kappa shape index (κ3) is 3.93. The molecule has 1 rings (SSSR count). The van der Waals surface area contributed by atoms with Gasteiger partial charge in [-0.3, -0.25) is 4.79 Å². The van der Waals surface area contributed by atoms with Crippen LogP contribution in [-0.4, -0.2) is 31.2 Å². The lowest BCUT2D eigenvalue weighted by Gasteiger charge is -2.47. The lowest BCUT2D eigenvalue weighted by Crippen LogP contribution is -2.66. The Morgan fingerprint density at radius 3 is 2.29 bits per heavy atom. The van der Waals surface area contributed by atoms with Gasteiger partial charge < -0.3 is 9.74 Å². The predicted molar refractivity (Wildman–Crippen MR) is 95.2 cm³/mol. The Morgan fingerprint density at radius 1 is 1.38 bits per heavy atom. The molecule has 0 unspecified atom stereocenters. The minimum atomic E-state index is -1.86. The Hall–Kier alpha value is -0.263. The largest absolute Gasteiger partial charge is 0.413 e. The van der Waals surface area contributed by atoms with Gasteiger partial charge in [0.1, 0.15) is 0 Å². The zero-order chi connectivity index (χ0) is 16.6. The lowest BCUT2D eigenvalue weighted by atomic mass is 9.77. The van der Waals surface area contributed by atoms with Crippen molar-refractivity contribution in [2.75, 3.05) is 0 Å². The summed E-state index contributed by atoms with van der Waals surface area (Å²) in [6.07, 6.45) is 0.833. The fourth-order valence-electron chi connectivity index (χ4n) is 2.60. The van der Waals surface area contributed by atoms with Crippen LogP contribution in [-0.2, 0) is 9.22 Å². The molecule has 5 heteroatoms. The fourth-order valence-corrected chi connectivity index (χ4v) is 4.17. The van der Waals surface area contributed by atoms with Crippen LogP contribution in [0, 0.1) is 11.8 Å². The van der Waals surface area contributed by atoms with Gasteiger partial charge in [-0.2, -0.15) is 0 Å². The standard InChI is InChI=1S/C16H31NO2SSi/c1-9-12(20)10(2)14-13(15(18)17-14)11(3)19-21(7,8)16(4,5)6/h10-11,13-14H,9H2,1-8H3,(H,17,18)/t10-,11+,13+,14+/m0/s1. The summed E-state index contributed by atoms with van der Waals surface area (Å²) in [6, 6.07) is 0.129. The van der Waals surface area contributed by atoms with Crippen molar-refractivity contribution in [1.29, 1.82) is 0 Å². The monoisotopic (exact) mass is 329 g/mol. The van der Waals surface area contributed by atoms with E-state index >= 15 is 0 Å². The van der Waals surface area contributed by atoms with E-state index in [-0.39, 0.29) is 34.9 Å². The highest BCUT2D eigenvalue weighted by atomic mass is 32.1. The van der Waals surface area contributed by atoms with Crippen LogP contribution in [0.3, 0.4) is 0 Å². The Morgan fingerprint density at radius 2 is 1.90 bits per heavy atom. The number of rotatable bonds is 6. The zero-order valence-electron chi connectivity index (χ0n) is 14.7. The third-order valence-corrected chi connectivity index (χ3v) is 10.4. The molecule has 1 aliphatic heterocycles. The summed E-state index contributed by atoms with van der Waals surface area (Å²) < 4.78 is 6.41. The Balaban J connectivity index is 2.79. The maximum atomic E-state index is 12.0. The van der Waals surface area contributed by atoms with Gasteiger partial charge in [0.05, 0.1) is 12.0 Å². The molecule has 0 aromatic heterocycles. The smallest absolute Gasteiger partial charge is 0.228 e. The van der Waals surface area contributed by atoms with Crippen LogP contribution in [0.5, 0.6) is 0 Å². The van der Waals surface area contributed by atoms with Gasteiger partial charge in [-0.05, 0) is 36.3 Å². The van der Waals surface area contributed by atoms with Crippen molar-refractivity contribution in [1.82, 2.24) is 5.32 Å². The summed E-state index contributed by atoms with van der Waals surface area (Å²) in [5.41, 5.74) is 0. The second-order valence-electron chi connectivity index (χ2n) is 7.75. The van der Waals surface area contributed by atoms with Gasteiger partial charge in [-0.25, -0.2) is 0 Å². The number of thiocarbonyl (C=S) groups is 1. The number of β-lactam (4-membered cyclic amide) rings is 1. The first kappa shape index (κ1) is 18.8. The van der Waals surface area contributed by atoms with Gasteiger partial charge in [0.15, 0.2) is 8.32 Å². The molecule has 122 valence electrons.